The summed E-state index contributed by atoms with van der Waals surface area (Å²) in [6, 6.07) is 52.4. The van der Waals surface area contributed by atoms with Gasteiger partial charge in [0.1, 0.15) is 0 Å². The monoisotopic (exact) mass is 845 g/mol. The molecule has 7 aromatic carbocycles. The minimum Gasteiger partial charge on any atom is -0.208 e. The summed E-state index contributed by atoms with van der Waals surface area (Å²) in [5.41, 5.74) is 14.4. The van der Waals surface area contributed by atoms with Gasteiger partial charge >= 0.3 is 0 Å². The van der Waals surface area contributed by atoms with E-state index >= 15 is 0 Å². The second-order valence-electron chi connectivity index (χ2n) is 19.8. The predicted octanol–water partition coefficient (Wildman–Crippen LogP) is 15.6. The maximum atomic E-state index is 5.82. The Morgan fingerprint density at radius 3 is 1.48 bits per heavy atom. The summed E-state index contributed by atoms with van der Waals surface area (Å²) in [7, 11) is 0. The minimum atomic E-state index is -0.196. The summed E-state index contributed by atoms with van der Waals surface area (Å²) < 4.78 is 5.05. The Kier molecular flexibility index (Phi) is 6.96. The van der Waals surface area contributed by atoms with E-state index in [-0.39, 0.29) is 10.8 Å². The zero-order valence-corrected chi connectivity index (χ0v) is 36.9. The number of benzene rings is 7. The largest absolute Gasteiger partial charge is 0.208 e. The fraction of sp³-hybridized carbons (Fsp3) is 0.224. The first-order valence-corrected chi connectivity index (χ1v) is 24.6. The molecule has 3 aromatic heterocycles. The second kappa shape index (κ2) is 12.4. The Morgan fingerprint density at radius 1 is 0.413 bits per heavy atom. The number of thiophene rings is 2. The van der Waals surface area contributed by atoms with E-state index in [2.05, 4.69) is 153 Å². The molecule has 302 valence electrons. The van der Waals surface area contributed by atoms with E-state index < -0.39 is 0 Å². The van der Waals surface area contributed by atoms with Crippen LogP contribution in [0.5, 0.6) is 0 Å². The van der Waals surface area contributed by atoms with Gasteiger partial charge < -0.3 is 0 Å². The molecule has 0 N–H and O–H groups in total. The lowest BCUT2D eigenvalue weighted by atomic mass is 9.43. The van der Waals surface area contributed by atoms with E-state index in [4.69, 9.17) is 15.0 Å². The highest BCUT2D eigenvalue weighted by molar-refractivity contribution is 7.26. The van der Waals surface area contributed by atoms with Crippen molar-refractivity contribution in [2.24, 2.45) is 23.7 Å². The molecule has 3 heterocycles. The van der Waals surface area contributed by atoms with Crippen LogP contribution in [0.1, 0.15) is 68.2 Å². The Bertz CT molecular complexity index is 3480. The smallest absolute Gasteiger partial charge is 0.165 e. The summed E-state index contributed by atoms with van der Waals surface area (Å²) in [6.45, 7) is 4.91. The molecule has 63 heavy (non-hydrogen) atoms. The molecule has 5 heteroatoms. The molecule has 0 aliphatic heterocycles. The molecule has 0 saturated heterocycles. The van der Waals surface area contributed by atoms with Gasteiger partial charge in [0.05, 0.1) is 0 Å². The fourth-order valence-electron chi connectivity index (χ4n) is 14.3. The van der Waals surface area contributed by atoms with E-state index in [9.17, 15) is 0 Å². The van der Waals surface area contributed by atoms with Gasteiger partial charge in [-0.1, -0.05) is 129 Å². The van der Waals surface area contributed by atoms with E-state index in [1.54, 1.807) is 11.1 Å². The summed E-state index contributed by atoms with van der Waals surface area (Å²) in [6.07, 6.45) is 6.80. The highest BCUT2D eigenvalue weighted by atomic mass is 32.1. The van der Waals surface area contributed by atoms with Crippen LogP contribution < -0.4 is 0 Å². The summed E-state index contributed by atoms with van der Waals surface area (Å²) in [5.74, 6) is 5.26. The molecular weight excluding hydrogens is 803 g/mol. The Balaban J connectivity index is 1.11. The number of hydrogen-bond donors (Lipinski definition) is 0. The molecule has 0 radical (unpaired) electrons. The summed E-state index contributed by atoms with van der Waals surface area (Å²) in [5, 5.41) is 4.93. The van der Waals surface area contributed by atoms with Crippen molar-refractivity contribution in [3.05, 3.63) is 162 Å². The third-order valence-electron chi connectivity index (χ3n) is 16.5. The van der Waals surface area contributed by atoms with Gasteiger partial charge in [-0.25, -0.2) is 15.0 Å². The van der Waals surface area contributed by atoms with Crippen molar-refractivity contribution in [1.82, 2.24) is 15.0 Å². The van der Waals surface area contributed by atoms with E-state index in [1.165, 1.54) is 111 Å². The summed E-state index contributed by atoms with van der Waals surface area (Å²) in [4.78, 5) is 17.3. The number of nitrogens with zero attached hydrogens (tertiary/aromatic N) is 3. The first-order valence-electron chi connectivity index (χ1n) is 22.9. The molecular formula is C58H43N3S2. The van der Waals surface area contributed by atoms with Gasteiger partial charge in [-0.05, 0) is 125 Å². The van der Waals surface area contributed by atoms with Gasteiger partial charge in [0.15, 0.2) is 17.5 Å². The van der Waals surface area contributed by atoms with Crippen molar-refractivity contribution < 1.29 is 0 Å². The van der Waals surface area contributed by atoms with Crippen LogP contribution in [0.3, 0.4) is 0 Å². The average molecular weight is 846 g/mol. The van der Waals surface area contributed by atoms with E-state index in [1.807, 2.05) is 22.7 Å². The fourth-order valence-corrected chi connectivity index (χ4v) is 16.6. The van der Waals surface area contributed by atoms with Crippen LogP contribution >= 0.6 is 22.7 Å². The highest BCUT2D eigenvalue weighted by Crippen LogP contribution is 2.71. The molecule has 4 saturated carbocycles. The maximum Gasteiger partial charge on any atom is 0.165 e. The van der Waals surface area contributed by atoms with Crippen molar-refractivity contribution in [3.8, 4) is 56.4 Å². The molecule has 10 aromatic rings. The Labute approximate surface area is 374 Å². The molecule has 4 bridgehead atoms. The van der Waals surface area contributed by atoms with Crippen LogP contribution in [0.15, 0.2) is 140 Å². The molecule has 1 spiro atoms. The van der Waals surface area contributed by atoms with Crippen LogP contribution in [0.2, 0.25) is 0 Å². The number of fused-ring (bicyclic) bond motifs is 12. The zero-order valence-electron chi connectivity index (χ0n) is 35.3. The van der Waals surface area contributed by atoms with Crippen LogP contribution in [0, 0.1) is 23.7 Å². The quantitative estimate of drug-likeness (QED) is 0.178. The third kappa shape index (κ3) is 4.52. The molecule has 0 amide bonds. The van der Waals surface area contributed by atoms with Crippen molar-refractivity contribution in [3.63, 3.8) is 0 Å². The molecule has 0 unspecified atom stereocenters. The standard InChI is InChI=1S/C58H43N3S2/c1-57(2)41-19-7-3-13-35(41)51-43(57)30-44-52(36-14-4-8-20-42(36)58(44)33-26-31-25-32(28-33)29-34(58)27-31)53(51)56-60-54(39-17-11-23-47-49(39)37-15-5-9-21-45(37)62-47)59-55(61-56)40-18-12-24-48-50(40)38-16-6-10-22-46(38)63-48/h3-24,30-34H,25-29H2,1-2H3. The van der Waals surface area contributed by atoms with Gasteiger partial charge in [0.2, 0.25) is 0 Å². The lowest BCUT2D eigenvalue weighted by Crippen LogP contribution is -2.55. The first kappa shape index (κ1) is 35.5. The molecule has 6 aliphatic rings. The van der Waals surface area contributed by atoms with Crippen molar-refractivity contribution >= 4 is 63.0 Å². The van der Waals surface area contributed by atoms with E-state index in [0.29, 0.717) is 11.8 Å². The topological polar surface area (TPSA) is 38.7 Å². The third-order valence-corrected chi connectivity index (χ3v) is 18.8. The summed E-state index contributed by atoms with van der Waals surface area (Å²) >= 11 is 3.69. The van der Waals surface area contributed by atoms with Gasteiger partial charge in [-0.15, -0.1) is 22.7 Å². The Morgan fingerprint density at radius 2 is 0.873 bits per heavy atom. The lowest BCUT2D eigenvalue weighted by Gasteiger charge is -2.61. The van der Waals surface area contributed by atoms with Crippen molar-refractivity contribution in [2.75, 3.05) is 0 Å². The van der Waals surface area contributed by atoms with Gasteiger partial charge in [0, 0.05) is 67.9 Å². The number of rotatable bonds is 3. The first-order chi connectivity index (χ1) is 30.9. The average Bonchev–Trinajstić information content (AvgIpc) is 4.03. The Hall–Kier alpha value is -6.01. The van der Waals surface area contributed by atoms with Crippen LogP contribution in [-0.4, -0.2) is 15.0 Å². The zero-order chi connectivity index (χ0) is 41.3. The maximum absolute atomic E-state index is 5.82. The normalized spacial score (nSPS) is 23.3. The molecule has 6 aliphatic carbocycles. The molecule has 0 atom stereocenters. The SMILES string of the molecule is CC1(C)c2ccccc2-c2c1cc1c(c2-c2nc(-c3cccc4sc5ccccc5c34)nc(-c3cccc4sc5ccccc5c34)n2)-c2ccccc2C12C1CC3CC(C1)CC2C3. The lowest BCUT2D eigenvalue weighted by molar-refractivity contribution is -0.0399. The van der Waals surface area contributed by atoms with Crippen molar-refractivity contribution in [1.29, 1.82) is 0 Å². The van der Waals surface area contributed by atoms with Gasteiger partial charge in [-0.2, -0.15) is 0 Å². The molecule has 4 fully saturated rings. The second-order valence-corrected chi connectivity index (χ2v) is 22.0. The van der Waals surface area contributed by atoms with Gasteiger partial charge in [0.25, 0.3) is 0 Å². The highest BCUT2D eigenvalue weighted by Gasteiger charge is 2.62. The van der Waals surface area contributed by atoms with Crippen LogP contribution in [0.25, 0.3) is 96.8 Å². The molecule has 3 nitrogen and oxygen atoms in total. The van der Waals surface area contributed by atoms with Crippen LogP contribution in [-0.2, 0) is 10.8 Å². The van der Waals surface area contributed by atoms with E-state index in [0.717, 1.165) is 40.4 Å². The van der Waals surface area contributed by atoms with Crippen molar-refractivity contribution in [2.45, 2.75) is 56.8 Å². The number of hydrogen-bond acceptors (Lipinski definition) is 5. The van der Waals surface area contributed by atoms with Crippen LogP contribution in [0.4, 0.5) is 0 Å². The predicted molar refractivity (Wildman–Crippen MR) is 263 cm³/mol. The minimum absolute atomic E-state index is 0.00492. The molecule has 16 rings (SSSR count). The number of aromatic nitrogens is 3. The van der Waals surface area contributed by atoms with Gasteiger partial charge in [-0.3, -0.25) is 0 Å².